The highest BCUT2D eigenvalue weighted by Crippen LogP contribution is 2.41. The van der Waals surface area contributed by atoms with Crippen molar-refractivity contribution in [2.75, 3.05) is 40.6 Å². The van der Waals surface area contributed by atoms with E-state index in [2.05, 4.69) is 0 Å². The van der Waals surface area contributed by atoms with Crippen LogP contribution in [0.15, 0.2) is 29.1 Å². The van der Waals surface area contributed by atoms with Crippen LogP contribution in [-0.2, 0) is 22.4 Å². The Morgan fingerprint density at radius 1 is 1.19 bits per heavy atom. The minimum atomic E-state index is -0.117. The summed E-state index contributed by atoms with van der Waals surface area (Å²) >= 11 is 0. The molecule has 7 heteroatoms. The normalized spacial score (nSPS) is 18.4. The van der Waals surface area contributed by atoms with Gasteiger partial charge in [-0.15, -0.1) is 0 Å². The van der Waals surface area contributed by atoms with Crippen LogP contribution in [0.2, 0.25) is 0 Å². The maximum absolute atomic E-state index is 12.6. The quantitative estimate of drug-likeness (QED) is 0.797. The van der Waals surface area contributed by atoms with Crippen molar-refractivity contribution in [1.29, 1.82) is 0 Å². The van der Waals surface area contributed by atoms with Gasteiger partial charge in [-0.2, -0.15) is 0 Å². The Balaban J connectivity index is 1.67. The smallest absolute Gasteiger partial charge is 0.254 e. The summed E-state index contributed by atoms with van der Waals surface area (Å²) in [6, 6.07) is 7.25. The fraction of sp³-hybridized carbons (Fsp3) is 0.450. The monoisotopic (exact) mass is 373 g/mol. The predicted molar refractivity (Wildman–Crippen MR) is 99.0 cm³/mol. The van der Waals surface area contributed by atoms with Crippen LogP contribution in [0.25, 0.3) is 11.3 Å². The lowest BCUT2D eigenvalue weighted by atomic mass is 9.95. The molecule has 0 bridgehead atoms. The van der Waals surface area contributed by atoms with Crippen LogP contribution >= 0.6 is 0 Å². The summed E-state index contributed by atoms with van der Waals surface area (Å²) < 4.78 is 29.5. The van der Waals surface area contributed by atoms with Gasteiger partial charge in [0.1, 0.15) is 18.5 Å². The number of nitrogens with zero attached hydrogens (tertiary/aromatic N) is 1. The summed E-state index contributed by atoms with van der Waals surface area (Å²) in [5, 5.41) is 0. The lowest BCUT2D eigenvalue weighted by Gasteiger charge is -2.26. The molecule has 0 N–H and O–H groups in total. The number of ether oxygens (including phenoxy) is 5. The van der Waals surface area contributed by atoms with Crippen LogP contribution in [0, 0.1) is 0 Å². The summed E-state index contributed by atoms with van der Waals surface area (Å²) in [4.78, 5) is 12.6. The predicted octanol–water partition coefficient (Wildman–Crippen LogP) is 1.88. The average molecular weight is 373 g/mol. The molecule has 4 rings (SSSR count). The van der Waals surface area contributed by atoms with E-state index in [4.69, 9.17) is 23.7 Å². The van der Waals surface area contributed by atoms with E-state index in [0.717, 1.165) is 16.8 Å². The van der Waals surface area contributed by atoms with Gasteiger partial charge in [0.25, 0.3) is 5.56 Å². The molecule has 1 fully saturated rings. The second-order valence-corrected chi connectivity index (χ2v) is 6.52. The van der Waals surface area contributed by atoms with E-state index in [1.807, 2.05) is 18.2 Å². The van der Waals surface area contributed by atoms with Gasteiger partial charge in [-0.25, -0.2) is 0 Å². The molecule has 0 aliphatic carbocycles. The minimum Gasteiger partial charge on any atom is -0.493 e. The number of benzene rings is 1. The second kappa shape index (κ2) is 7.62. The SMILES string of the molecule is COc1ccc2c(c1OC)CCn1c-2cc(OCC2COCCO2)cc1=O. The summed E-state index contributed by atoms with van der Waals surface area (Å²) in [5.41, 5.74) is 2.74. The molecule has 2 aliphatic heterocycles. The zero-order valence-corrected chi connectivity index (χ0v) is 15.5. The molecular formula is C20H23NO6. The van der Waals surface area contributed by atoms with E-state index in [-0.39, 0.29) is 11.7 Å². The van der Waals surface area contributed by atoms with E-state index in [0.29, 0.717) is 56.6 Å². The van der Waals surface area contributed by atoms with E-state index in [1.165, 1.54) is 6.07 Å². The Morgan fingerprint density at radius 3 is 2.81 bits per heavy atom. The number of fused-ring (bicyclic) bond motifs is 3. The second-order valence-electron chi connectivity index (χ2n) is 6.52. The molecule has 2 aliphatic rings. The van der Waals surface area contributed by atoms with Crippen LogP contribution < -0.4 is 19.8 Å². The van der Waals surface area contributed by atoms with Crippen molar-refractivity contribution in [2.45, 2.75) is 19.1 Å². The van der Waals surface area contributed by atoms with Crippen molar-refractivity contribution in [3.8, 4) is 28.5 Å². The van der Waals surface area contributed by atoms with Crippen LogP contribution in [0.1, 0.15) is 5.56 Å². The van der Waals surface area contributed by atoms with Gasteiger partial charge in [0.05, 0.1) is 39.7 Å². The number of hydrogen-bond acceptors (Lipinski definition) is 6. The van der Waals surface area contributed by atoms with Crippen LogP contribution in [0.4, 0.5) is 0 Å². The first kappa shape index (κ1) is 17.9. The molecule has 144 valence electrons. The molecule has 0 radical (unpaired) electrons. The highest BCUT2D eigenvalue weighted by Gasteiger charge is 2.24. The van der Waals surface area contributed by atoms with Gasteiger partial charge < -0.3 is 28.3 Å². The van der Waals surface area contributed by atoms with Gasteiger partial charge in [-0.05, 0) is 18.6 Å². The lowest BCUT2D eigenvalue weighted by Crippen LogP contribution is -2.33. The molecule has 0 amide bonds. The zero-order chi connectivity index (χ0) is 18.8. The minimum absolute atomic E-state index is 0.0799. The molecule has 27 heavy (non-hydrogen) atoms. The number of hydrogen-bond donors (Lipinski definition) is 0. The number of methoxy groups -OCH3 is 2. The van der Waals surface area contributed by atoms with Crippen molar-refractivity contribution in [3.63, 3.8) is 0 Å². The third kappa shape index (κ3) is 3.40. The van der Waals surface area contributed by atoms with Crippen molar-refractivity contribution in [1.82, 2.24) is 4.57 Å². The largest absolute Gasteiger partial charge is 0.493 e. The molecule has 1 atom stereocenters. The Kier molecular flexibility index (Phi) is 5.05. The molecule has 2 aromatic rings. The van der Waals surface area contributed by atoms with E-state index in [9.17, 15) is 4.79 Å². The van der Waals surface area contributed by atoms with Gasteiger partial charge >= 0.3 is 0 Å². The van der Waals surface area contributed by atoms with Crippen molar-refractivity contribution >= 4 is 0 Å². The first-order valence-electron chi connectivity index (χ1n) is 9.02. The van der Waals surface area contributed by atoms with Crippen LogP contribution in [0.3, 0.4) is 0 Å². The summed E-state index contributed by atoms with van der Waals surface area (Å²) in [6.45, 7) is 2.62. The molecule has 0 spiro atoms. The molecule has 1 saturated heterocycles. The van der Waals surface area contributed by atoms with Gasteiger partial charge in [-0.3, -0.25) is 4.79 Å². The van der Waals surface area contributed by atoms with Crippen molar-refractivity contribution < 1.29 is 23.7 Å². The Morgan fingerprint density at radius 2 is 2.07 bits per heavy atom. The molecule has 1 aromatic carbocycles. The number of pyridine rings is 1. The Bertz CT molecular complexity index is 885. The van der Waals surface area contributed by atoms with Crippen LogP contribution in [0.5, 0.6) is 17.2 Å². The third-order valence-electron chi connectivity index (χ3n) is 4.93. The highest BCUT2D eigenvalue weighted by molar-refractivity contribution is 5.72. The van der Waals surface area contributed by atoms with Gasteiger partial charge in [0.2, 0.25) is 0 Å². The van der Waals surface area contributed by atoms with Crippen molar-refractivity contribution in [3.05, 3.63) is 40.2 Å². The van der Waals surface area contributed by atoms with Gasteiger partial charge in [-0.1, -0.05) is 0 Å². The van der Waals surface area contributed by atoms with E-state index in [1.54, 1.807) is 18.8 Å². The maximum atomic E-state index is 12.6. The fourth-order valence-electron chi connectivity index (χ4n) is 3.63. The van der Waals surface area contributed by atoms with Crippen LogP contribution in [-0.4, -0.2) is 51.3 Å². The molecule has 3 heterocycles. The van der Waals surface area contributed by atoms with Gasteiger partial charge in [0.15, 0.2) is 11.5 Å². The first-order chi connectivity index (χ1) is 13.2. The van der Waals surface area contributed by atoms with E-state index >= 15 is 0 Å². The van der Waals surface area contributed by atoms with Crippen molar-refractivity contribution in [2.24, 2.45) is 0 Å². The zero-order valence-electron chi connectivity index (χ0n) is 15.5. The molecule has 1 unspecified atom stereocenters. The summed E-state index contributed by atoms with van der Waals surface area (Å²) in [7, 11) is 3.25. The summed E-state index contributed by atoms with van der Waals surface area (Å²) in [6.07, 6.45) is 0.588. The lowest BCUT2D eigenvalue weighted by molar-refractivity contribution is -0.101. The fourth-order valence-corrected chi connectivity index (χ4v) is 3.63. The number of rotatable bonds is 5. The average Bonchev–Trinajstić information content (AvgIpc) is 2.71. The van der Waals surface area contributed by atoms with Gasteiger partial charge in [0, 0.05) is 29.8 Å². The Hall–Kier alpha value is -2.51. The molecule has 1 aromatic heterocycles. The molecule has 7 nitrogen and oxygen atoms in total. The number of aromatic nitrogens is 1. The third-order valence-corrected chi connectivity index (χ3v) is 4.93. The van der Waals surface area contributed by atoms with E-state index < -0.39 is 0 Å². The molecule has 0 saturated carbocycles. The standard InChI is InChI=1S/C20H23NO6/c1-23-18-4-3-15-16(20(18)24-2)5-6-21-17(15)9-13(10-19(21)22)27-12-14-11-25-7-8-26-14/h3-4,9-10,14H,5-8,11-12H2,1-2H3. The maximum Gasteiger partial charge on any atom is 0.254 e. The molecular weight excluding hydrogens is 350 g/mol. The summed E-state index contributed by atoms with van der Waals surface area (Å²) in [5.74, 6) is 1.93. The topological polar surface area (TPSA) is 68.2 Å². The highest BCUT2D eigenvalue weighted by atomic mass is 16.6. The Labute approximate surface area is 157 Å². The first-order valence-corrected chi connectivity index (χ1v) is 9.02.